The smallest absolute Gasteiger partial charge is 0.258 e. The zero-order valence-electron chi connectivity index (χ0n) is 18.5. The van der Waals surface area contributed by atoms with Crippen LogP contribution < -0.4 is 10.2 Å². The van der Waals surface area contributed by atoms with Crippen molar-refractivity contribution in [3.8, 4) is 0 Å². The van der Waals surface area contributed by atoms with E-state index in [4.69, 9.17) is 4.74 Å². The van der Waals surface area contributed by atoms with Gasteiger partial charge in [-0.05, 0) is 53.9 Å². The number of aromatic nitrogens is 1. The number of anilines is 2. The van der Waals surface area contributed by atoms with Crippen molar-refractivity contribution in [2.75, 3.05) is 37.0 Å². The van der Waals surface area contributed by atoms with Gasteiger partial charge in [-0.1, -0.05) is 6.07 Å². The number of aliphatic hydroxyl groups is 1. The Morgan fingerprint density at radius 2 is 1.97 bits per heavy atom. The molecule has 1 amide bonds. The fraction of sp³-hybridized carbons (Fsp3) is 0.280. The first-order valence-electron chi connectivity index (χ1n) is 10.8. The highest BCUT2D eigenvalue weighted by atomic mass is 19.2. The highest BCUT2D eigenvalue weighted by Gasteiger charge is 2.26. The predicted molar refractivity (Wildman–Crippen MR) is 122 cm³/mol. The van der Waals surface area contributed by atoms with E-state index < -0.39 is 23.6 Å². The van der Waals surface area contributed by atoms with Crippen molar-refractivity contribution >= 4 is 17.3 Å². The van der Waals surface area contributed by atoms with Crippen molar-refractivity contribution in [2.24, 2.45) is 0 Å². The minimum Gasteiger partial charge on any atom is -0.389 e. The van der Waals surface area contributed by atoms with Gasteiger partial charge in [-0.3, -0.25) is 9.78 Å². The van der Waals surface area contributed by atoms with Gasteiger partial charge in [0, 0.05) is 48.9 Å². The highest BCUT2D eigenvalue weighted by Crippen LogP contribution is 2.28. The van der Waals surface area contributed by atoms with Gasteiger partial charge in [0.1, 0.15) is 0 Å². The van der Waals surface area contributed by atoms with Crippen LogP contribution in [0.25, 0.3) is 0 Å². The maximum absolute atomic E-state index is 13.6. The number of aliphatic hydroxyl groups excluding tert-OH is 1. The zero-order valence-corrected chi connectivity index (χ0v) is 18.5. The van der Waals surface area contributed by atoms with Crippen LogP contribution in [0.5, 0.6) is 0 Å². The predicted octanol–water partition coefficient (Wildman–Crippen LogP) is 3.71. The molecule has 2 heterocycles. The third kappa shape index (κ3) is 5.05. The Balaban J connectivity index is 1.67. The molecule has 0 fully saturated rings. The summed E-state index contributed by atoms with van der Waals surface area (Å²) in [5.74, 6) is -4.39. The summed E-state index contributed by atoms with van der Waals surface area (Å²) in [4.78, 5) is 19.3. The summed E-state index contributed by atoms with van der Waals surface area (Å²) < 4.78 is 45.6. The molecule has 1 aliphatic rings. The monoisotopic (exact) mass is 471 g/mol. The molecule has 2 aromatic carbocycles. The number of carbonyl (C=O) groups is 1. The van der Waals surface area contributed by atoms with E-state index >= 15 is 0 Å². The van der Waals surface area contributed by atoms with Crippen LogP contribution in [0, 0.1) is 17.5 Å². The third-order valence-electron chi connectivity index (χ3n) is 5.64. The van der Waals surface area contributed by atoms with E-state index in [0.717, 1.165) is 29.9 Å². The molecule has 178 valence electrons. The van der Waals surface area contributed by atoms with Gasteiger partial charge in [-0.2, -0.15) is 0 Å². The van der Waals surface area contributed by atoms with Gasteiger partial charge in [0.15, 0.2) is 17.5 Å². The topological polar surface area (TPSA) is 74.7 Å². The Hall–Kier alpha value is -3.43. The van der Waals surface area contributed by atoms with Crippen molar-refractivity contribution in [3.63, 3.8) is 0 Å². The second-order valence-electron chi connectivity index (χ2n) is 8.09. The molecule has 34 heavy (non-hydrogen) atoms. The lowest BCUT2D eigenvalue weighted by molar-refractivity contribution is 0.0659. The van der Waals surface area contributed by atoms with Crippen LogP contribution >= 0.6 is 0 Å². The SMILES string of the molecule is COC[C@H](O)CN(C(=O)c1cccc2c1CCN2)c1ccnc(Cc2cc(F)c(F)c(F)c2)c1. The summed E-state index contributed by atoms with van der Waals surface area (Å²) in [6.07, 6.45) is 1.26. The average Bonchev–Trinajstić information content (AvgIpc) is 3.30. The third-order valence-corrected chi connectivity index (χ3v) is 5.64. The van der Waals surface area contributed by atoms with E-state index in [-0.39, 0.29) is 31.0 Å². The molecule has 1 aromatic heterocycles. The van der Waals surface area contributed by atoms with Gasteiger partial charge in [-0.15, -0.1) is 0 Å². The molecule has 6 nitrogen and oxygen atoms in total. The number of benzene rings is 2. The minimum absolute atomic E-state index is 0.0231. The first-order valence-corrected chi connectivity index (χ1v) is 10.8. The Morgan fingerprint density at radius 3 is 2.71 bits per heavy atom. The quantitative estimate of drug-likeness (QED) is 0.490. The lowest BCUT2D eigenvalue weighted by Gasteiger charge is -2.26. The van der Waals surface area contributed by atoms with Crippen LogP contribution in [-0.4, -0.2) is 48.9 Å². The van der Waals surface area contributed by atoms with Gasteiger partial charge >= 0.3 is 0 Å². The number of amides is 1. The Labute approximate surface area is 195 Å². The van der Waals surface area contributed by atoms with Crippen molar-refractivity contribution in [1.82, 2.24) is 4.98 Å². The number of nitrogens with one attached hydrogen (secondary N) is 1. The molecular formula is C25H24F3N3O3. The highest BCUT2D eigenvalue weighted by molar-refractivity contribution is 6.08. The molecule has 0 bridgehead atoms. The minimum atomic E-state index is -1.53. The summed E-state index contributed by atoms with van der Waals surface area (Å²) >= 11 is 0. The normalized spacial score (nSPS) is 13.3. The summed E-state index contributed by atoms with van der Waals surface area (Å²) in [5, 5.41) is 13.6. The van der Waals surface area contributed by atoms with Crippen LogP contribution in [0.4, 0.5) is 24.5 Å². The molecular weight excluding hydrogens is 447 g/mol. The van der Waals surface area contributed by atoms with Crippen molar-refractivity contribution in [3.05, 3.63) is 88.5 Å². The number of nitrogens with zero attached hydrogens (tertiary/aromatic N) is 2. The maximum atomic E-state index is 13.6. The Morgan fingerprint density at radius 1 is 1.21 bits per heavy atom. The van der Waals surface area contributed by atoms with Crippen molar-refractivity contribution in [2.45, 2.75) is 18.9 Å². The Kier molecular flexibility index (Phi) is 7.14. The molecule has 0 spiro atoms. The van der Waals surface area contributed by atoms with Crippen LogP contribution in [0.1, 0.15) is 27.2 Å². The summed E-state index contributed by atoms with van der Waals surface area (Å²) in [7, 11) is 1.45. The average molecular weight is 471 g/mol. The molecule has 0 unspecified atom stereocenters. The first kappa shape index (κ1) is 23.7. The number of pyridine rings is 1. The molecule has 0 saturated carbocycles. The first-order chi connectivity index (χ1) is 16.4. The number of ether oxygens (including phenoxy) is 1. The molecule has 9 heteroatoms. The number of halogens is 3. The summed E-state index contributed by atoms with van der Waals surface area (Å²) in [5.41, 5.74) is 3.40. The van der Waals surface area contributed by atoms with Crippen LogP contribution in [0.15, 0.2) is 48.7 Å². The number of rotatable bonds is 8. The van der Waals surface area contributed by atoms with Crippen molar-refractivity contribution in [1.29, 1.82) is 0 Å². The summed E-state index contributed by atoms with van der Waals surface area (Å²) in [6.45, 7) is 0.730. The molecule has 0 radical (unpaired) electrons. The van der Waals surface area contributed by atoms with E-state index in [1.54, 1.807) is 24.3 Å². The standard InChI is InChI=1S/C25H24F3N3O3/c1-34-14-18(32)13-31(25(33)20-3-2-4-23-19(20)6-8-30-23)17-5-7-29-16(12-17)9-15-10-21(26)24(28)22(27)11-15/h2-5,7,10-12,18,30,32H,6,8-9,13-14H2,1H3/t18-/m1/s1. The van der Waals surface area contributed by atoms with E-state index in [2.05, 4.69) is 10.3 Å². The fourth-order valence-electron chi connectivity index (χ4n) is 4.10. The van der Waals surface area contributed by atoms with Gasteiger partial charge in [0.2, 0.25) is 0 Å². The van der Waals surface area contributed by atoms with Crippen molar-refractivity contribution < 1.29 is 27.8 Å². The maximum Gasteiger partial charge on any atom is 0.258 e. The molecule has 2 N–H and O–H groups in total. The zero-order chi connectivity index (χ0) is 24.2. The number of hydrogen-bond donors (Lipinski definition) is 2. The fourth-order valence-corrected chi connectivity index (χ4v) is 4.10. The van der Waals surface area contributed by atoms with E-state index in [1.807, 2.05) is 6.07 Å². The van der Waals surface area contributed by atoms with Gasteiger partial charge in [0.05, 0.1) is 19.3 Å². The molecule has 4 rings (SSSR count). The molecule has 0 aliphatic carbocycles. The van der Waals surface area contributed by atoms with Gasteiger partial charge < -0.3 is 20.1 Å². The molecule has 1 atom stereocenters. The number of hydrogen-bond acceptors (Lipinski definition) is 5. The lowest BCUT2D eigenvalue weighted by atomic mass is 10.0. The van der Waals surface area contributed by atoms with Crippen LogP contribution in [0.2, 0.25) is 0 Å². The van der Waals surface area contributed by atoms with Gasteiger partial charge in [-0.25, -0.2) is 13.2 Å². The molecule has 3 aromatic rings. The van der Waals surface area contributed by atoms with Crippen LogP contribution in [-0.2, 0) is 17.6 Å². The number of fused-ring (bicyclic) bond motifs is 1. The number of carbonyl (C=O) groups excluding carboxylic acids is 1. The second-order valence-corrected chi connectivity index (χ2v) is 8.09. The van der Waals surface area contributed by atoms with E-state index in [1.165, 1.54) is 18.2 Å². The largest absolute Gasteiger partial charge is 0.389 e. The molecule has 1 aliphatic heterocycles. The molecule has 0 saturated heterocycles. The number of methoxy groups -OCH3 is 1. The summed E-state index contributed by atoms with van der Waals surface area (Å²) in [6, 6.07) is 10.5. The Bertz CT molecular complexity index is 1180. The lowest BCUT2D eigenvalue weighted by Crippen LogP contribution is -2.39. The van der Waals surface area contributed by atoms with E-state index in [9.17, 15) is 23.1 Å². The van der Waals surface area contributed by atoms with E-state index in [0.29, 0.717) is 23.4 Å². The second kappa shape index (κ2) is 10.2. The van der Waals surface area contributed by atoms with Crippen LogP contribution in [0.3, 0.4) is 0 Å². The van der Waals surface area contributed by atoms with Gasteiger partial charge in [0.25, 0.3) is 5.91 Å².